The molecule has 0 radical (unpaired) electrons. The molecular formula is C21H18O2. The molecule has 2 aromatic rings. The molecule has 1 aliphatic heterocycles. The first-order chi connectivity index (χ1) is 11.3. The summed E-state index contributed by atoms with van der Waals surface area (Å²) in [6.07, 6.45) is 1.49. The molecule has 0 amide bonds. The van der Waals surface area contributed by atoms with Crippen LogP contribution in [0.15, 0.2) is 60.7 Å². The maximum absolute atomic E-state index is 13.4. The van der Waals surface area contributed by atoms with Crippen LogP contribution in [0.1, 0.15) is 22.3 Å². The van der Waals surface area contributed by atoms with Crippen molar-refractivity contribution in [1.82, 2.24) is 0 Å². The Kier molecular flexibility index (Phi) is 2.14. The summed E-state index contributed by atoms with van der Waals surface area (Å²) in [5.41, 5.74) is 1.05. The zero-order chi connectivity index (χ0) is 15.2. The molecule has 0 spiro atoms. The number of hydrogen-bond donors (Lipinski definition) is 0. The summed E-state index contributed by atoms with van der Waals surface area (Å²) >= 11 is 0. The molecule has 3 saturated carbocycles. The van der Waals surface area contributed by atoms with Gasteiger partial charge >= 0.3 is 0 Å². The van der Waals surface area contributed by atoms with Crippen LogP contribution in [0.25, 0.3) is 0 Å². The number of ketones is 1. The Morgan fingerprint density at radius 2 is 1.57 bits per heavy atom. The van der Waals surface area contributed by atoms with E-state index in [0.29, 0.717) is 12.0 Å². The van der Waals surface area contributed by atoms with Crippen LogP contribution in [0.2, 0.25) is 0 Å². The van der Waals surface area contributed by atoms with Crippen LogP contribution < -0.4 is 0 Å². The van der Waals surface area contributed by atoms with E-state index in [1.165, 1.54) is 6.42 Å². The van der Waals surface area contributed by atoms with Gasteiger partial charge in [0.25, 0.3) is 0 Å². The molecule has 114 valence electrons. The van der Waals surface area contributed by atoms with Gasteiger partial charge in [0.1, 0.15) is 0 Å². The quantitative estimate of drug-likeness (QED) is 0.809. The van der Waals surface area contributed by atoms with Crippen molar-refractivity contribution in [1.29, 1.82) is 0 Å². The fourth-order valence-electron chi connectivity index (χ4n) is 5.60. The molecule has 0 bridgehead atoms. The van der Waals surface area contributed by atoms with E-state index in [0.717, 1.165) is 34.8 Å². The van der Waals surface area contributed by atoms with Crippen molar-refractivity contribution in [2.24, 2.45) is 29.6 Å². The lowest BCUT2D eigenvalue weighted by Crippen LogP contribution is -2.65. The lowest BCUT2D eigenvalue weighted by molar-refractivity contribution is -0.272. The zero-order valence-corrected chi connectivity index (χ0v) is 12.8. The van der Waals surface area contributed by atoms with Gasteiger partial charge in [-0.2, -0.15) is 0 Å². The summed E-state index contributed by atoms with van der Waals surface area (Å²) < 4.78 is 6.45. The Bertz CT molecular complexity index is 789. The number of carbonyl (C=O) groups is 1. The molecule has 2 unspecified atom stereocenters. The Morgan fingerprint density at radius 1 is 0.913 bits per heavy atom. The van der Waals surface area contributed by atoms with Gasteiger partial charge in [-0.3, -0.25) is 4.79 Å². The smallest absolute Gasteiger partial charge is 0.199 e. The van der Waals surface area contributed by atoms with Crippen LogP contribution in [0.4, 0.5) is 0 Å². The van der Waals surface area contributed by atoms with Crippen molar-refractivity contribution in [2.75, 3.05) is 0 Å². The summed E-state index contributed by atoms with van der Waals surface area (Å²) in [5.74, 6) is 4.04. The van der Waals surface area contributed by atoms with Crippen LogP contribution in [0.5, 0.6) is 0 Å². The molecule has 0 aromatic heterocycles. The average Bonchev–Trinajstić information content (AvgIpc) is 3.49. The Hall–Kier alpha value is -1.93. The molecular weight excluding hydrogens is 284 g/mol. The van der Waals surface area contributed by atoms with Crippen molar-refractivity contribution in [3.63, 3.8) is 0 Å². The highest BCUT2D eigenvalue weighted by atomic mass is 16.5. The van der Waals surface area contributed by atoms with E-state index in [1.54, 1.807) is 0 Å². The fourth-order valence-corrected chi connectivity index (χ4v) is 5.60. The average molecular weight is 302 g/mol. The second-order valence-corrected chi connectivity index (χ2v) is 7.62. The molecule has 2 nitrogen and oxygen atoms in total. The lowest BCUT2D eigenvalue weighted by Gasteiger charge is -2.58. The number of benzene rings is 2. The van der Waals surface area contributed by atoms with E-state index < -0.39 is 5.60 Å². The topological polar surface area (TPSA) is 26.3 Å². The number of Topliss-reactive ketones (excluding diaryl/α,β-unsaturated/α-hetero) is 1. The third kappa shape index (κ3) is 1.37. The second kappa shape index (κ2) is 3.93. The first-order valence-corrected chi connectivity index (χ1v) is 8.65. The zero-order valence-electron chi connectivity index (χ0n) is 12.8. The van der Waals surface area contributed by atoms with E-state index in [4.69, 9.17) is 4.74 Å². The fraction of sp³-hybridized carbons (Fsp3) is 0.381. The number of hydrogen-bond acceptors (Lipinski definition) is 2. The molecule has 4 fully saturated rings. The van der Waals surface area contributed by atoms with Gasteiger partial charge in [0.2, 0.25) is 0 Å². The van der Waals surface area contributed by atoms with E-state index in [9.17, 15) is 4.79 Å². The van der Waals surface area contributed by atoms with Crippen LogP contribution in [0.3, 0.4) is 0 Å². The Labute approximate surface area is 135 Å². The molecule has 2 heteroatoms. The van der Waals surface area contributed by atoms with Gasteiger partial charge in [0, 0.05) is 11.5 Å². The number of rotatable bonds is 3. The highest BCUT2D eigenvalue weighted by Gasteiger charge is 2.84. The monoisotopic (exact) mass is 302 g/mol. The predicted octanol–water partition coefficient (Wildman–Crippen LogP) is 3.68. The van der Waals surface area contributed by atoms with E-state index in [-0.39, 0.29) is 5.78 Å². The van der Waals surface area contributed by atoms with Gasteiger partial charge in [-0.15, -0.1) is 0 Å². The molecule has 6 rings (SSSR count). The van der Waals surface area contributed by atoms with Crippen molar-refractivity contribution in [2.45, 2.75) is 18.1 Å². The minimum Gasteiger partial charge on any atom is -0.358 e. The number of ether oxygens (including phenoxy) is 1. The van der Waals surface area contributed by atoms with Crippen molar-refractivity contribution in [3.8, 4) is 0 Å². The van der Waals surface area contributed by atoms with E-state index >= 15 is 0 Å². The molecule has 3 aliphatic carbocycles. The minimum atomic E-state index is -0.746. The number of carbonyl (C=O) groups excluding carboxylic acids is 1. The SMILES string of the molecule is O=C(c1ccccc1)[C@@]1(c2ccccc2)O[C@@H]2C3C4C(C[C@@H]21)C43. The van der Waals surface area contributed by atoms with Crippen molar-refractivity contribution < 1.29 is 9.53 Å². The van der Waals surface area contributed by atoms with Gasteiger partial charge in [-0.1, -0.05) is 60.7 Å². The van der Waals surface area contributed by atoms with Crippen LogP contribution in [0, 0.1) is 29.6 Å². The minimum absolute atomic E-state index is 0.141. The summed E-state index contributed by atoms with van der Waals surface area (Å²) in [6.45, 7) is 0. The van der Waals surface area contributed by atoms with Crippen LogP contribution in [-0.4, -0.2) is 11.9 Å². The molecule has 1 heterocycles. The van der Waals surface area contributed by atoms with Gasteiger partial charge < -0.3 is 4.74 Å². The van der Waals surface area contributed by atoms with Crippen LogP contribution in [-0.2, 0) is 10.3 Å². The second-order valence-electron chi connectivity index (χ2n) is 7.62. The lowest BCUT2D eigenvalue weighted by atomic mass is 9.60. The maximum atomic E-state index is 13.4. The standard InChI is InChI=1S/C21H18O2/c22-20(12-7-3-1-4-8-12)21(13-9-5-2-6-10-13)15-11-14-16-17(14)18(16)19(15)23-21/h1-10,14-19H,11H2/t14?,15-,16?,17?,18?,19-,21-/m0/s1. The highest BCUT2D eigenvalue weighted by Crippen LogP contribution is 2.83. The van der Waals surface area contributed by atoms with Gasteiger partial charge in [0.15, 0.2) is 11.4 Å². The normalized spacial score (nSPS) is 44.5. The Balaban J connectivity index is 1.46. The summed E-state index contributed by atoms with van der Waals surface area (Å²) in [5, 5.41) is 0. The largest absolute Gasteiger partial charge is 0.358 e. The van der Waals surface area contributed by atoms with E-state index in [1.807, 2.05) is 48.5 Å². The molecule has 0 N–H and O–H groups in total. The molecule has 5 atom stereocenters. The number of fused-ring (bicyclic) bond motifs is 4. The van der Waals surface area contributed by atoms with Gasteiger partial charge in [-0.25, -0.2) is 0 Å². The summed E-state index contributed by atoms with van der Waals surface area (Å²) in [6, 6.07) is 19.8. The van der Waals surface area contributed by atoms with Gasteiger partial charge in [0.05, 0.1) is 6.10 Å². The van der Waals surface area contributed by atoms with Crippen molar-refractivity contribution in [3.05, 3.63) is 71.8 Å². The molecule has 2 aromatic carbocycles. The van der Waals surface area contributed by atoms with Crippen LogP contribution >= 0.6 is 0 Å². The summed E-state index contributed by atoms with van der Waals surface area (Å²) in [7, 11) is 0. The first kappa shape index (κ1) is 12.5. The predicted molar refractivity (Wildman–Crippen MR) is 85.8 cm³/mol. The molecule has 4 aliphatic rings. The first-order valence-electron chi connectivity index (χ1n) is 8.65. The highest BCUT2D eigenvalue weighted by molar-refractivity contribution is 6.04. The van der Waals surface area contributed by atoms with E-state index in [2.05, 4.69) is 12.1 Å². The Morgan fingerprint density at radius 3 is 2.22 bits per heavy atom. The maximum Gasteiger partial charge on any atom is 0.199 e. The molecule has 1 saturated heterocycles. The summed E-state index contributed by atoms with van der Waals surface area (Å²) in [4.78, 5) is 13.4. The van der Waals surface area contributed by atoms with Gasteiger partial charge in [-0.05, 0) is 35.7 Å². The third-order valence-electron chi connectivity index (χ3n) is 6.76. The van der Waals surface area contributed by atoms with Crippen molar-refractivity contribution >= 4 is 5.78 Å². The molecule has 23 heavy (non-hydrogen) atoms. The third-order valence-corrected chi connectivity index (χ3v) is 6.76.